The lowest BCUT2D eigenvalue weighted by Crippen LogP contribution is -2.12. The number of nitrogens with zero attached hydrogens (tertiary/aromatic N) is 2. The van der Waals surface area contributed by atoms with Gasteiger partial charge < -0.3 is 5.32 Å². The number of hydrogen-bond acceptors (Lipinski definition) is 3. The topological polar surface area (TPSA) is 37.8 Å². The van der Waals surface area contributed by atoms with Gasteiger partial charge in [-0.15, -0.1) is 0 Å². The molecule has 19 heavy (non-hydrogen) atoms. The Morgan fingerprint density at radius 3 is 2.32 bits per heavy atom. The van der Waals surface area contributed by atoms with E-state index < -0.39 is 17.6 Å². The molecule has 0 amide bonds. The fourth-order valence-corrected chi connectivity index (χ4v) is 1.53. The third kappa shape index (κ3) is 3.40. The van der Waals surface area contributed by atoms with Crippen molar-refractivity contribution in [1.82, 2.24) is 9.97 Å². The van der Waals surface area contributed by atoms with Crippen LogP contribution in [-0.2, 0) is 12.7 Å². The highest BCUT2D eigenvalue weighted by Gasteiger charge is 2.32. The molecule has 0 aliphatic heterocycles. The summed E-state index contributed by atoms with van der Waals surface area (Å²) < 4.78 is 50.7. The van der Waals surface area contributed by atoms with E-state index in [-0.39, 0.29) is 18.1 Å². The van der Waals surface area contributed by atoms with Gasteiger partial charge >= 0.3 is 6.18 Å². The highest BCUT2D eigenvalue weighted by atomic mass is 19.4. The Balaban J connectivity index is 2.14. The molecule has 3 nitrogen and oxygen atoms in total. The van der Waals surface area contributed by atoms with E-state index in [9.17, 15) is 17.6 Å². The first kappa shape index (κ1) is 13.3. The van der Waals surface area contributed by atoms with Gasteiger partial charge in [-0.25, -0.2) is 14.4 Å². The molecule has 0 saturated carbocycles. The van der Waals surface area contributed by atoms with Crippen LogP contribution < -0.4 is 5.32 Å². The predicted molar refractivity (Wildman–Crippen MR) is 60.8 cm³/mol. The fraction of sp³-hybridized carbons (Fsp3) is 0.167. The average molecular weight is 271 g/mol. The number of anilines is 1. The standard InChI is InChI=1S/C12H9F4N3/c13-9-6-18-11(19-7-9)17-5-8-3-1-2-4-10(8)12(14,15)16/h1-4,6-7H,5H2,(H,17,18,19). The Labute approximate surface area is 106 Å². The van der Waals surface area contributed by atoms with E-state index in [1.807, 2.05) is 0 Å². The molecule has 0 spiro atoms. The highest BCUT2D eigenvalue weighted by Crippen LogP contribution is 2.31. The molecule has 0 fully saturated rings. The fourth-order valence-electron chi connectivity index (χ4n) is 1.53. The summed E-state index contributed by atoms with van der Waals surface area (Å²) in [5.41, 5.74) is -0.646. The third-order valence-electron chi connectivity index (χ3n) is 2.38. The van der Waals surface area contributed by atoms with Crippen LogP contribution in [0.4, 0.5) is 23.5 Å². The van der Waals surface area contributed by atoms with Gasteiger partial charge in [0.05, 0.1) is 18.0 Å². The van der Waals surface area contributed by atoms with Gasteiger partial charge in [-0.2, -0.15) is 13.2 Å². The van der Waals surface area contributed by atoms with E-state index in [0.717, 1.165) is 18.5 Å². The second-order valence-corrected chi connectivity index (χ2v) is 3.73. The van der Waals surface area contributed by atoms with Crippen LogP contribution in [0.2, 0.25) is 0 Å². The largest absolute Gasteiger partial charge is 0.416 e. The van der Waals surface area contributed by atoms with E-state index in [0.29, 0.717) is 0 Å². The van der Waals surface area contributed by atoms with Crippen molar-refractivity contribution in [2.24, 2.45) is 0 Å². The Morgan fingerprint density at radius 2 is 1.68 bits per heavy atom. The zero-order chi connectivity index (χ0) is 13.9. The number of halogens is 4. The van der Waals surface area contributed by atoms with E-state index >= 15 is 0 Å². The first-order valence-corrected chi connectivity index (χ1v) is 5.33. The van der Waals surface area contributed by atoms with Gasteiger partial charge in [-0.3, -0.25) is 0 Å². The Hall–Kier alpha value is -2.18. The van der Waals surface area contributed by atoms with Crippen LogP contribution in [0.3, 0.4) is 0 Å². The van der Waals surface area contributed by atoms with Crippen molar-refractivity contribution in [3.63, 3.8) is 0 Å². The van der Waals surface area contributed by atoms with Crippen molar-refractivity contribution in [1.29, 1.82) is 0 Å². The summed E-state index contributed by atoms with van der Waals surface area (Å²) in [6, 6.07) is 5.19. The second kappa shape index (κ2) is 5.21. The quantitative estimate of drug-likeness (QED) is 0.871. The number of alkyl halides is 3. The van der Waals surface area contributed by atoms with Crippen LogP contribution in [0.1, 0.15) is 11.1 Å². The minimum atomic E-state index is -4.41. The van der Waals surface area contributed by atoms with Crippen LogP contribution in [0.5, 0.6) is 0 Å². The monoisotopic (exact) mass is 271 g/mol. The van der Waals surface area contributed by atoms with Crippen molar-refractivity contribution in [2.75, 3.05) is 5.32 Å². The zero-order valence-corrected chi connectivity index (χ0v) is 9.58. The molecule has 1 N–H and O–H groups in total. The summed E-state index contributed by atoms with van der Waals surface area (Å²) in [6.07, 6.45) is -2.54. The van der Waals surface area contributed by atoms with E-state index in [1.54, 1.807) is 0 Å². The Morgan fingerprint density at radius 1 is 1.05 bits per heavy atom. The molecule has 2 aromatic rings. The summed E-state index contributed by atoms with van der Waals surface area (Å²) in [7, 11) is 0. The van der Waals surface area contributed by atoms with Gasteiger partial charge in [-0.1, -0.05) is 18.2 Å². The molecular weight excluding hydrogens is 262 g/mol. The maximum Gasteiger partial charge on any atom is 0.416 e. The maximum atomic E-state index is 12.7. The summed E-state index contributed by atoms with van der Waals surface area (Å²) in [5.74, 6) is -0.542. The van der Waals surface area contributed by atoms with Crippen LogP contribution in [0.15, 0.2) is 36.7 Å². The Kier molecular flexibility index (Phi) is 3.64. The number of nitrogens with one attached hydrogen (secondary N) is 1. The van der Waals surface area contributed by atoms with Crippen LogP contribution in [0.25, 0.3) is 0 Å². The van der Waals surface area contributed by atoms with Crippen molar-refractivity contribution in [3.8, 4) is 0 Å². The molecule has 0 aliphatic carbocycles. The minimum absolute atomic E-state index is 0.0679. The van der Waals surface area contributed by atoms with Gasteiger partial charge in [0.15, 0.2) is 5.82 Å². The molecule has 0 atom stereocenters. The first-order chi connectivity index (χ1) is 8.97. The van der Waals surface area contributed by atoms with Gasteiger partial charge in [0.25, 0.3) is 0 Å². The molecule has 100 valence electrons. The van der Waals surface area contributed by atoms with Crippen LogP contribution in [0, 0.1) is 5.82 Å². The van der Waals surface area contributed by atoms with Crippen LogP contribution in [-0.4, -0.2) is 9.97 Å². The third-order valence-corrected chi connectivity index (χ3v) is 2.38. The molecule has 0 bridgehead atoms. The maximum absolute atomic E-state index is 12.7. The van der Waals surface area contributed by atoms with Gasteiger partial charge in [-0.05, 0) is 11.6 Å². The van der Waals surface area contributed by atoms with Gasteiger partial charge in [0.1, 0.15) is 0 Å². The predicted octanol–water partition coefficient (Wildman–Crippen LogP) is 3.25. The molecule has 1 aromatic heterocycles. The molecule has 0 radical (unpaired) electrons. The van der Waals surface area contributed by atoms with Gasteiger partial charge in [0.2, 0.25) is 5.95 Å². The number of benzene rings is 1. The molecule has 0 unspecified atom stereocenters. The van der Waals surface area contributed by atoms with Gasteiger partial charge in [0, 0.05) is 6.54 Å². The second-order valence-electron chi connectivity index (χ2n) is 3.73. The lowest BCUT2D eigenvalue weighted by atomic mass is 10.1. The molecule has 7 heteroatoms. The number of aromatic nitrogens is 2. The molecule has 0 saturated heterocycles. The van der Waals surface area contributed by atoms with E-state index in [4.69, 9.17) is 0 Å². The van der Waals surface area contributed by atoms with Crippen molar-refractivity contribution < 1.29 is 17.6 Å². The summed E-state index contributed by atoms with van der Waals surface area (Å²) in [5, 5.41) is 2.61. The SMILES string of the molecule is Fc1cnc(NCc2ccccc2C(F)(F)F)nc1. The lowest BCUT2D eigenvalue weighted by Gasteiger charge is -2.12. The molecule has 1 aromatic carbocycles. The Bertz CT molecular complexity index is 552. The highest BCUT2D eigenvalue weighted by molar-refractivity contribution is 5.33. The van der Waals surface area contributed by atoms with Crippen molar-refractivity contribution in [3.05, 3.63) is 53.6 Å². The number of hydrogen-bond donors (Lipinski definition) is 1. The number of rotatable bonds is 3. The van der Waals surface area contributed by atoms with Crippen molar-refractivity contribution >= 4 is 5.95 Å². The van der Waals surface area contributed by atoms with Crippen molar-refractivity contribution in [2.45, 2.75) is 12.7 Å². The van der Waals surface area contributed by atoms with E-state index in [1.165, 1.54) is 18.2 Å². The van der Waals surface area contributed by atoms with E-state index in [2.05, 4.69) is 15.3 Å². The minimum Gasteiger partial charge on any atom is -0.350 e. The molecule has 2 rings (SSSR count). The summed E-state index contributed by atoms with van der Waals surface area (Å²) >= 11 is 0. The smallest absolute Gasteiger partial charge is 0.350 e. The molecule has 1 heterocycles. The molecular formula is C12H9F4N3. The lowest BCUT2D eigenvalue weighted by molar-refractivity contribution is -0.138. The zero-order valence-electron chi connectivity index (χ0n) is 9.58. The van der Waals surface area contributed by atoms with Crippen LogP contribution >= 0.6 is 0 Å². The summed E-state index contributed by atoms with van der Waals surface area (Å²) in [6.45, 7) is -0.0959. The normalized spacial score (nSPS) is 11.4. The summed E-state index contributed by atoms with van der Waals surface area (Å²) in [4.78, 5) is 7.21. The molecule has 0 aliphatic rings. The first-order valence-electron chi connectivity index (χ1n) is 5.33. The average Bonchev–Trinajstić information content (AvgIpc) is 2.37.